The van der Waals surface area contributed by atoms with Crippen LogP contribution in [-0.2, 0) is 10.0 Å². The van der Waals surface area contributed by atoms with Gasteiger partial charge in [0.25, 0.3) is 5.91 Å². The number of sulfonamides is 1. The molecule has 9 heteroatoms. The van der Waals surface area contributed by atoms with Crippen molar-refractivity contribution in [1.82, 2.24) is 14.9 Å². The van der Waals surface area contributed by atoms with E-state index in [9.17, 15) is 13.2 Å². The minimum Gasteiger partial charge on any atom is -0.494 e. The highest BCUT2D eigenvalue weighted by Crippen LogP contribution is 2.32. The molecular formula is C15H22ClN3O4S. The molecule has 0 aromatic heterocycles. The molecule has 1 aromatic rings. The smallest absolute Gasteiger partial charge is 0.257 e. The van der Waals surface area contributed by atoms with E-state index in [1.54, 1.807) is 14.1 Å². The van der Waals surface area contributed by atoms with E-state index in [1.807, 2.05) is 0 Å². The van der Waals surface area contributed by atoms with E-state index in [0.29, 0.717) is 6.54 Å². The Kier molecular flexibility index (Phi) is 6.08. The summed E-state index contributed by atoms with van der Waals surface area (Å²) in [7, 11) is 0.598. The number of amides is 1. The van der Waals surface area contributed by atoms with E-state index in [2.05, 4.69) is 10.0 Å². The Labute approximate surface area is 147 Å². The standard InChI is InChI=1S/C15H22ClN3O4S/c1-19(2)15(20)12-7-10(16)8-13(14(12)23-3)24(21,22)18-11-5-4-6-17-9-11/h7-8,11,17-18H,4-6,9H2,1-3H3/t11-/m0/s1. The summed E-state index contributed by atoms with van der Waals surface area (Å²) in [4.78, 5) is 13.5. The molecule has 1 fully saturated rings. The van der Waals surface area contributed by atoms with Crippen LogP contribution in [0.4, 0.5) is 0 Å². The minimum absolute atomic E-state index is 0.00521. The summed E-state index contributed by atoms with van der Waals surface area (Å²) in [5.74, 6) is -0.389. The van der Waals surface area contributed by atoms with E-state index < -0.39 is 10.0 Å². The lowest BCUT2D eigenvalue weighted by molar-refractivity contribution is 0.0824. The van der Waals surface area contributed by atoms with Gasteiger partial charge < -0.3 is 15.0 Å². The van der Waals surface area contributed by atoms with E-state index in [1.165, 1.54) is 24.1 Å². The van der Waals surface area contributed by atoms with Gasteiger partial charge in [0.15, 0.2) is 5.75 Å². The van der Waals surface area contributed by atoms with Gasteiger partial charge in [-0.3, -0.25) is 4.79 Å². The molecule has 0 unspecified atom stereocenters. The van der Waals surface area contributed by atoms with Crippen LogP contribution in [-0.4, -0.2) is 59.6 Å². The summed E-state index contributed by atoms with van der Waals surface area (Å²) in [6, 6.07) is 2.50. The number of carbonyl (C=O) groups excluding carboxylic acids is 1. The lowest BCUT2D eigenvalue weighted by Gasteiger charge is -2.24. The van der Waals surface area contributed by atoms with Crippen LogP contribution in [0.25, 0.3) is 0 Å². The van der Waals surface area contributed by atoms with Crippen molar-refractivity contribution in [2.45, 2.75) is 23.8 Å². The summed E-state index contributed by atoms with van der Waals surface area (Å²) in [6.07, 6.45) is 1.64. The van der Waals surface area contributed by atoms with Gasteiger partial charge in [-0.1, -0.05) is 11.6 Å². The first-order chi connectivity index (χ1) is 11.3. The first-order valence-corrected chi connectivity index (χ1v) is 9.44. The van der Waals surface area contributed by atoms with Crippen LogP contribution in [0, 0.1) is 0 Å². The van der Waals surface area contributed by atoms with Crippen LogP contribution >= 0.6 is 11.6 Å². The Bertz CT molecular complexity index is 716. The minimum atomic E-state index is -3.88. The molecule has 1 saturated heterocycles. The molecule has 2 N–H and O–H groups in total. The molecule has 1 aliphatic rings. The third-order valence-electron chi connectivity index (χ3n) is 3.77. The van der Waals surface area contributed by atoms with Gasteiger partial charge in [0.05, 0.1) is 12.7 Å². The van der Waals surface area contributed by atoms with E-state index >= 15 is 0 Å². The lowest BCUT2D eigenvalue weighted by atomic mass is 10.1. The second kappa shape index (κ2) is 7.69. The summed E-state index contributed by atoms with van der Waals surface area (Å²) in [5, 5.41) is 3.30. The van der Waals surface area contributed by atoms with E-state index in [-0.39, 0.29) is 33.2 Å². The van der Waals surface area contributed by atoms with Gasteiger partial charge in [-0.25, -0.2) is 13.1 Å². The molecular weight excluding hydrogens is 354 g/mol. The zero-order chi connectivity index (χ0) is 17.9. The maximum atomic E-state index is 12.8. The van der Waals surface area contributed by atoms with Crippen molar-refractivity contribution in [3.05, 3.63) is 22.7 Å². The lowest BCUT2D eigenvalue weighted by Crippen LogP contribution is -2.45. The van der Waals surface area contributed by atoms with Crippen LogP contribution in [0.2, 0.25) is 5.02 Å². The number of ether oxygens (including phenoxy) is 1. The molecule has 1 heterocycles. The van der Waals surface area contributed by atoms with Gasteiger partial charge in [0, 0.05) is 31.7 Å². The highest BCUT2D eigenvalue weighted by molar-refractivity contribution is 7.89. The summed E-state index contributed by atoms with van der Waals surface area (Å²) in [5.41, 5.74) is 0.108. The first kappa shape index (κ1) is 19.0. The maximum Gasteiger partial charge on any atom is 0.257 e. The predicted octanol–water partition coefficient (Wildman–Crippen LogP) is 1.08. The molecule has 1 amide bonds. The van der Waals surface area contributed by atoms with Gasteiger partial charge in [-0.15, -0.1) is 0 Å². The predicted molar refractivity (Wildman–Crippen MR) is 92.2 cm³/mol. The Morgan fingerprint density at radius 3 is 2.67 bits per heavy atom. The first-order valence-electron chi connectivity index (χ1n) is 7.58. The average Bonchev–Trinajstić information content (AvgIpc) is 2.53. The number of carbonyl (C=O) groups is 1. The van der Waals surface area contributed by atoms with Crippen LogP contribution in [0.15, 0.2) is 17.0 Å². The normalized spacial score (nSPS) is 18.2. The van der Waals surface area contributed by atoms with Gasteiger partial charge >= 0.3 is 0 Å². The van der Waals surface area contributed by atoms with Gasteiger partial charge in [0.1, 0.15) is 4.90 Å². The Morgan fingerprint density at radius 2 is 2.12 bits per heavy atom. The third-order valence-corrected chi connectivity index (χ3v) is 5.51. The maximum absolute atomic E-state index is 12.8. The molecule has 0 spiro atoms. The van der Waals surface area contributed by atoms with Crippen LogP contribution in [0.5, 0.6) is 5.75 Å². The van der Waals surface area contributed by atoms with Crippen molar-refractivity contribution < 1.29 is 17.9 Å². The van der Waals surface area contributed by atoms with Crippen molar-refractivity contribution in [3.63, 3.8) is 0 Å². The monoisotopic (exact) mass is 375 g/mol. The SMILES string of the molecule is COc1c(C(=O)N(C)C)cc(Cl)cc1S(=O)(=O)N[C@H]1CCCNC1. The van der Waals surface area contributed by atoms with E-state index in [0.717, 1.165) is 19.4 Å². The van der Waals surface area contributed by atoms with Crippen molar-refractivity contribution >= 4 is 27.5 Å². The van der Waals surface area contributed by atoms with E-state index in [4.69, 9.17) is 16.3 Å². The molecule has 134 valence electrons. The number of rotatable bonds is 5. The molecule has 7 nitrogen and oxygen atoms in total. The number of nitrogens with one attached hydrogen (secondary N) is 2. The average molecular weight is 376 g/mol. The Morgan fingerprint density at radius 1 is 1.42 bits per heavy atom. The Hall–Kier alpha value is -1.35. The highest BCUT2D eigenvalue weighted by atomic mass is 35.5. The van der Waals surface area contributed by atoms with Gasteiger partial charge in [-0.05, 0) is 31.5 Å². The van der Waals surface area contributed by atoms with Crippen molar-refractivity contribution in [2.24, 2.45) is 0 Å². The second-order valence-electron chi connectivity index (χ2n) is 5.85. The number of halogens is 1. The molecule has 0 saturated carbocycles. The third kappa shape index (κ3) is 4.18. The molecule has 1 aliphatic heterocycles. The summed E-state index contributed by atoms with van der Waals surface area (Å²) in [6.45, 7) is 1.44. The molecule has 0 aliphatic carbocycles. The molecule has 0 bridgehead atoms. The van der Waals surface area contributed by atoms with Crippen LogP contribution < -0.4 is 14.8 Å². The number of hydrogen-bond donors (Lipinski definition) is 2. The van der Waals surface area contributed by atoms with Crippen LogP contribution in [0.1, 0.15) is 23.2 Å². The second-order valence-corrected chi connectivity index (χ2v) is 7.97. The number of benzene rings is 1. The van der Waals surface area contributed by atoms with Gasteiger partial charge in [0.2, 0.25) is 10.0 Å². The number of hydrogen-bond acceptors (Lipinski definition) is 5. The fraction of sp³-hybridized carbons (Fsp3) is 0.533. The van der Waals surface area contributed by atoms with Crippen molar-refractivity contribution in [1.29, 1.82) is 0 Å². The van der Waals surface area contributed by atoms with Crippen molar-refractivity contribution in [3.8, 4) is 5.75 Å². The fourth-order valence-electron chi connectivity index (χ4n) is 2.61. The topological polar surface area (TPSA) is 87.7 Å². The zero-order valence-electron chi connectivity index (χ0n) is 13.9. The summed E-state index contributed by atoms with van der Waals surface area (Å²) < 4.78 is 33.4. The number of piperidine rings is 1. The number of nitrogens with zero attached hydrogens (tertiary/aromatic N) is 1. The fourth-order valence-corrected chi connectivity index (χ4v) is 4.38. The largest absolute Gasteiger partial charge is 0.494 e. The number of methoxy groups -OCH3 is 1. The van der Waals surface area contributed by atoms with Crippen LogP contribution in [0.3, 0.4) is 0 Å². The summed E-state index contributed by atoms with van der Waals surface area (Å²) >= 11 is 6.05. The molecule has 0 radical (unpaired) electrons. The Balaban J connectivity index is 2.46. The van der Waals surface area contributed by atoms with Crippen molar-refractivity contribution in [2.75, 3.05) is 34.3 Å². The molecule has 1 atom stereocenters. The highest BCUT2D eigenvalue weighted by Gasteiger charge is 2.29. The van der Waals surface area contributed by atoms with Gasteiger partial charge in [-0.2, -0.15) is 0 Å². The zero-order valence-corrected chi connectivity index (χ0v) is 15.5. The quantitative estimate of drug-likeness (QED) is 0.804. The molecule has 2 rings (SSSR count). The molecule has 24 heavy (non-hydrogen) atoms. The molecule has 1 aromatic carbocycles.